The summed E-state index contributed by atoms with van der Waals surface area (Å²) in [5.74, 6) is -0.266. The summed E-state index contributed by atoms with van der Waals surface area (Å²) in [7, 11) is 1.72. The van der Waals surface area contributed by atoms with Gasteiger partial charge in [0.05, 0.1) is 6.61 Å². The van der Waals surface area contributed by atoms with Gasteiger partial charge >= 0.3 is 6.18 Å². The third kappa shape index (κ3) is 4.84. The maximum Gasteiger partial charge on any atom is 0.423 e. The van der Waals surface area contributed by atoms with Gasteiger partial charge < -0.3 is 9.64 Å². The Labute approximate surface area is 145 Å². The lowest BCUT2D eigenvalue weighted by molar-refractivity contribution is -0.139. The van der Waals surface area contributed by atoms with Crippen LogP contribution >= 0.6 is 0 Å². The molecule has 0 aliphatic rings. The Hall–Kier alpha value is -2.31. The van der Waals surface area contributed by atoms with Crippen LogP contribution in [0.25, 0.3) is 0 Å². The average Bonchev–Trinajstić information content (AvgIpc) is 2.60. The fourth-order valence-electron chi connectivity index (χ4n) is 2.24. The van der Waals surface area contributed by atoms with Crippen molar-refractivity contribution in [1.82, 2.24) is 9.97 Å². The van der Waals surface area contributed by atoms with Gasteiger partial charge in [0.1, 0.15) is 5.56 Å². The topological polar surface area (TPSA) is 38.2 Å². The molecule has 2 aromatic rings. The summed E-state index contributed by atoms with van der Waals surface area (Å²) >= 11 is 0. The van der Waals surface area contributed by atoms with E-state index in [4.69, 9.17) is 4.74 Å². The second kappa shape index (κ2) is 8.18. The highest BCUT2D eigenvalue weighted by Gasteiger charge is 2.36. The van der Waals surface area contributed by atoms with Gasteiger partial charge in [-0.2, -0.15) is 18.2 Å². The first-order valence-corrected chi connectivity index (χ1v) is 8.26. The number of aryl methyl sites for hydroxylation is 1. The highest BCUT2D eigenvalue weighted by molar-refractivity contribution is 5.58. The summed E-state index contributed by atoms with van der Waals surface area (Å²) < 4.78 is 44.7. The molecule has 1 aromatic carbocycles. The fourth-order valence-corrected chi connectivity index (χ4v) is 2.24. The summed E-state index contributed by atoms with van der Waals surface area (Å²) in [5.41, 5.74) is 0.970. The van der Waals surface area contributed by atoms with Crippen molar-refractivity contribution in [2.24, 2.45) is 0 Å². The zero-order valence-electron chi connectivity index (χ0n) is 14.6. The van der Waals surface area contributed by atoms with E-state index in [9.17, 15) is 13.2 Å². The van der Waals surface area contributed by atoms with E-state index >= 15 is 0 Å². The minimum Gasteiger partial charge on any atom is -0.477 e. The van der Waals surface area contributed by atoms with Crippen LogP contribution in [-0.2, 0) is 12.6 Å². The van der Waals surface area contributed by atoms with Crippen molar-refractivity contribution < 1.29 is 17.9 Å². The number of alkyl halides is 3. The normalized spacial score (nSPS) is 11.4. The molecule has 25 heavy (non-hydrogen) atoms. The number of halogens is 3. The molecular weight excluding hydrogens is 331 g/mol. The third-order valence-corrected chi connectivity index (χ3v) is 3.79. The Morgan fingerprint density at radius 2 is 1.96 bits per heavy atom. The number of hydrogen-bond donors (Lipinski definition) is 0. The smallest absolute Gasteiger partial charge is 0.423 e. The number of benzene rings is 1. The van der Waals surface area contributed by atoms with Crippen LogP contribution in [0.5, 0.6) is 5.88 Å². The van der Waals surface area contributed by atoms with Crippen LogP contribution in [0.15, 0.2) is 30.5 Å². The molecule has 0 amide bonds. The molecule has 0 saturated heterocycles. The van der Waals surface area contributed by atoms with Gasteiger partial charge in [0.2, 0.25) is 11.8 Å². The van der Waals surface area contributed by atoms with E-state index in [2.05, 4.69) is 9.97 Å². The molecule has 1 heterocycles. The zero-order valence-corrected chi connectivity index (χ0v) is 14.6. The van der Waals surface area contributed by atoms with Gasteiger partial charge in [-0.1, -0.05) is 32.4 Å². The molecule has 1 aromatic heterocycles. The highest BCUT2D eigenvalue weighted by Crippen LogP contribution is 2.36. The van der Waals surface area contributed by atoms with E-state index < -0.39 is 17.6 Å². The SMILES string of the molecule is CCCCOc1nc(N(C)c2cccc(CC)c2)ncc1C(F)(F)F. The summed E-state index contributed by atoms with van der Waals surface area (Å²) in [6.45, 7) is 4.16. The first-order valence-electron chi connectivity index (χ1n) is 8.26. The number of nitrogens with zero attached hydrogens (tertiary/aromatic N) is 3. The van der Waals surface area contributed by atoms with E-state index in [1.807, 2.05) is 38.1 Å². The first-order chi connectivity index (χ1) is 11.9. The molecular formula is C18H22F3N3O. The first kappa shape index (κ1) is 19.0. The number of aromatic nitrogens is 2. The minimum atomic E-state index is -4.55. The Morgan fingerprint density at radius 3 is 2.60 bits per heavy atom. The molecule has 0 aliphatic heterocycles. The molecule has 7 heteroatoms. The van der Waals surface area contributed by atoms with Crippen molar-refractivity contribution in [1.29, 1.82) is 0 Å². The molecule has 0 fully saturated rings. The van der Waals surface area contributed by atoms with Gasteiger partial charge in [0.15, 0.2) is 0 Å². The van der Waals surface area contributed by atoms with E-state index in [0.717, 1.165) is 30.3 Å². The lowest BCUT2D eigenvalue weighted by Crippen LogP contribution is -2.17. The molecule has 2 rings (SSSR count). The Balaban J connectivity index is 2.35. The summed E-state index contributed by atoms with van der Waals surface area (Å²) in [6, 6.07) is 7.70. The summed E-state index contributed by atoms with van der Waals surface area (Å²) in [4.78, 5) is 9.54. The molecule has 0 spiro atoms. The quantitative estimate of drug-likeness (QED) is 0.656. The van der Waals surface area contributed by atoms with Crippen molar-refractivity contribution in [3.05, 3.63) is 41.6 Å². The number of hydrogen-bond acceptors (Lipinski definition) is 4. The molecule has 4 nitrogen and oxygen atoms in total. The molecule has 0 bridgehead atoms. The summed E-state index contributed by atoms with van der Waals surface area (Å²) in [6.07, 6.45) is -1.43. The fraction of sp³-hybridized carbons (Fsp3) is 0.444. The molecule has 0 atom stereocenters. The van der Waals surface area contributed by atoms with Crippen LogP contribution in [0, 0.1) is 0 Å². The molecule has 0 aliphatic carbocycles. The van der Waals surface area contributed by atoms with E-state index in [1.165, 1.54) is 0 Å². The lowest BCUT2D eigenvalue weighted by Gasteiger charge is -2.20. The monoisotopic (exact) mass is 353 g/mol. The lowest BCUT2D eigenvalue weighted by atomic mass is 10.1. The molecule has 0 N–H and O–H groups in total. The predicted molar refractivity (Wildman–Crippen MR) is 91.3 cm³/mol. The second-order valence-electron chi connectivity index (χ2n) is 5.67. The Bertz CT molecular complexity index is 704. The maximum absolute atomic E-state index is 13.1. The van der Waals surface area contributed by atoms with E-state index in [-0.39, 0.29) is 12.6 Å². The van der Waals surface area contributed by atoms with Crippen molar-refractivity contribution in [2.75, 3.05) is 18.6 Å². The van der Waals surface area contributed by atoms with Gasteiger partial charge in [-0.25, -0.2) is 4.98 Å². The Kier molecular flexibility index (Phi) is 6.22. The van der Waals surface area contributed by atoms with Crippen LogP contribution in [0.4, 0.5) is 24.8 Å². The molecule has 0 radical (unpaired) electrons. The second-order valence-corrected chi connectivity index (χ2v) is 5.67. The third-order valence-electron chi connectivity index (χ3n) is 3.79. The average molecular weight is 353 g/mol. The number of rotatable bonds is 7. The van der Waals surface area contributed by atoms with Crippen LogP contribution < -0.4 is 9.64 Å². The number of anilines is 2. The van der Waals surface area contributed by atoms with Gasteiger partial charge in [0, 0.05) is 18.9 Å². The van der Waals surface area contributed by atoms with Crippen molar-refractivity contribution >= 4 is 11.6 Å². The zero-order chi connectivity index (χ0) is 18.4. The minimum absolute atomic E-state index is 0.160. The number of ether oxygens (including phenoxy) is 1. The van der Waals surface area contributed by atoms with Gasteiger partial charge in [-0.15, -0.1) is 0 Å². The van der Waals surface area contributed by atoms with E-state index in [0.29, 0.717) is 6.42 Å². The Morgan fingerprint density at radius 1 is 1.20 bits per heavy atom. The molecule has 0 unspecified atom stereocenters. The van der Waals surface area contributed by atoms with Crippen LogP contribution in [0.1, 0.15) is 37.8 Å². The van der Waals surface area contributed by atoms with Gasteiger partial charge in [-0.05, 0) is 30.5 Å². The standard InChI is InChI=1S/C18H22F3N3O/c1-4-6-10-25-16-15(18(19,20)21)12-22-17(23-16)24(3)14-9-7-8-13(5-2)11-14/h7-9,11-12H,4-6,10H2,1-3H3. The highest BCUT2D eigenvalue weighted by atomic mass is 19.4. The number of unbranched alkanes of at least 4 members (excludes halogenated alkanes) is 1. The van der Waals surface area contributed by atoms with Crippen molar-refractivity contribution in [3.63, 3.8) is 0 Å². The largest absolute Gasteiger partial charge is 0.477 e. The van der Waals surface area contributed by atoms with Crippen LogP contribution in [0.3, 0.4) is 0 Å². The maximum atomic E-state index is 13.1. The van der Waals surface area contributed by atoms with Gasteiger partial charge in [0.25, 0.3) is 0 Å². The van der Waals surface area contributed by atoms with Crippen LogP contribution in [-0.4, -0.2) is 23.6 Å². The molecule has 0 saturated carbocycles. The van der Waals surface area contributed by atoms with E-state index in [1.54, 1.807) is 11.9 Å². The van der Waals surface area contributed by atoms with Crippen molar-refractivity contribution in [3.8, 4) is 5.88 Å². The summed E-state index contributed by atoms with van der Waals surface area (Å²) in [5, 5.41) is 0. The molecule has 136 valence electrons. The van der Waals surface area contributed by atoms with Crippen LogP contribution in [0.2, 0.25) is 0 Å². The van der Waals surface area contributed by atoms with Gasteiger partial charge in [-0.3, -0.25) is 0 Å². The van der Waals surface area contributed by atoms with Crippen molar-refractivity contribution in [2.45, 2.75) is 39.3 Å². The predicted octanol–water partition coefficient (Wildman–Crippen LogP) is 5.00.